The number of benzene rings is 2. The molecule has 0 fully saturated rings. The summed E-state index contributed by atoms with van der Waals surface area (Å²) in [5.41, 5.74) is -1.21. The van der Waals surface area contributed by atoms with Crippen LogP contribution in [-0.2, 0) is 0 Å². The van der Waals surface area contributed by atoms with Gasteiger partial charge in [0.15, 0.2) is 11.6 Å². The van der Waals surface area contributed by atoms with Crippen molar-refractivity contribution in [1.29, 1.82) is 0 Å². The summed E-state index contributed by atoms with van der Waals surface area (Å²) in [6, 6.07) is 6.08. The number of aromatic hydroxyl groups is 1. The first-order valence-corrected chi connectivity index (χ1v) is 5.62. The number of halogens is 2. The van der Waals surface area contributed by atoms with E-state index in [4.69, 9.17) is 5.11 Å². The number of nitrogens with one attached hydrogen (secondary N) is 1. The van der Waals surface area contributed by atoms with Crippen LogP contribution in [0.4, 0.5) is 20.2 Å². The number of hydrogen-bond acceptors (Lipinski definition) is 4. The standard InChI is InChI=1S/C13H8F2N2O4/c14-10-5-9(12(17(20)21)6-11(10)15)13(19)16-7-1-3-8(18)4-2-7/h1-6,18H,(H,16,19). The fraction of sp³-hybridized carbons (Fsp3) is 0. The maximum absolute atomic E-state index is 13.2. The number of anilines is 1. The number of nitro benzene ring substituents is 1. The van der Waals surface area contributed by atoms with Gasteiger partial charge in [0, 0.05) is 5.69 Å². The normalized spacial score (nSPS) is 10.2. The van der Waals surface area contributed by atoms with Crippen molar-refractivity contribution in [3.63, 3.8) is 0 Å². The molecule has 0 aliphatic heterocycles. The minimum absolute atomic E-state index is 0.0354. The van der Waals surface area contributed by atoms with E-state index >= 15 is 0 Å². The largest absolute Gasteiger partial charge is 0.508 e. The molecule has 0 aromatic heterocycles. The Morgan fingerprint density at radius 1 is 1.14 bits per heavy atom. The van der Waals surface area contributed by atoms with Gasteiger partial charge in [0.1, 0.15) is 11.3 Å². The SMILES string of the molecule is O=C(Nc1ccc(O)cc1)c1cc(F)c(F)cc1[N+](=O)[O-]. The van der Waals surface area contributed by atoms with Gasteiger partial charge in [-0.3, -0.25) is 14.9 Å². The van der Waals surface area contributed by atoms with Crippen molar-refractivity contribution >= 4 is 17.3 Å². The van der Waals surface area contributed by atoms with Gasteiger partial charge in [0.2, 0.25) is 0 Å². The summed E-state index contributed by atoms with van der Waals surface area (Å²) in [5, 5.41) is 22.2. The number of carbonyl (C=O) groups is 1. The van der Waals surface area contributed by atoms with Gasteiger partial charge in [0.25, 0.3) is 11.6 Å². The monoisotopic (exact) mass is 294 g/mol. The molecule has 21 heavy (non-hydrogen) atoms. The Balaban J connectivity index is 2.36. The summed E-state index contributed by atoms with van der Waals surface area (Å²) in [6.07, 6.45) is 0. The van der Waals surface area contributed by atoms with Gasteiger partial charge in [-0.15, -0.1) is 0 Å². The number of nitro groups is 1. The van der Waals surface area contributed by atoms with Crippen LogP contribution in [-0.4, -0.2) is 15.9 Å². The second-order valence-corrected chi connectivity index (χ2v) is 4.04. The maximum Gasteiger partial charge on any atom is 0.285 e. The van der Waals surface area contributed by atoms with Gasteiger partial charge in [-0.05, 0) is 30.3 Å². The van der Waals surface area contributed by atoms with Crippen molar-refractivity contribution in [1.82, 2.24) is 0 Å². The minimum Gasteiger partial charge on any atom is -0.508 e. The Kier molecular flexibility index (Phi) is 3.79. The lowest BCUT2D eigenvalue weighted by molar-refractivity contribution is -0.385. The molecule has 0 radical (unpaired) electrons. The summed E-state index contributed by atoms with van der Waals surface area (Å²) in [6.45, 7) is 0. The van der Waals surface area contributed by atoms with Crippen molar-refractivity contribution in [2.75, 3.05) is 5.32 Å². The predicted molar refractivity (Wildman–Crippen MR) is 69.1 cm³/mol. The first-order valence-electron chi connectivity index (χ1n) is 5.62. The number of phenols is 1. The molecule has 0 heterocycles. The fourth-order valence-electron chi connectivity index (χ4n) is 1.61. The van der Waals surface area contributed by atoms with E-state index in [2.05, 4.69) is 5.32 Å². The Bertz CT molecular complexity index is 717. The molecule has 0 spiro atoms. The van der Waals surface area contributed by atoms with E-state index in [1.807, 2.05) is 0 Å². The molecule has 1 amide bonds. The zero-order valence-corrected chi connectivity index (χ0v) is 10.3. The number of phenolic OH excluding ortho intramolecular Hbond substituents is 1. The van der Waals surface area contributed by atoms with Crippen molar-refractivity contribution in [2.24, 2.45) is 0 Å². The number of amides is 1. The minimum atomic E-state index is -1.41. The third-order valence-electron chi connectivity index (χ3n) is 2.61. The molecule has 0 bridgehead atoms. The van der Waals surface area contributed by atoms with E-state index in [1.165, 1.54) is 24.3 Å². The highest BCUT2D eigenvalue weighted by molar-refractivity contribution is 6.07. The van der Waals surface area contributed by atoms with Crippen LogP contribution in [0.1, 0.15) is 10.4 Å². The first-order chi connectivity index (χ1) is 9.88. The van der Waals surface area contributed by atoms with Gasteiger partial charge in [-0.25, -0.2) is 8.78 Å². The Morgan fingerprint density at radius 2 is 1.71 bits per heavy atom. The zero-order valence-electron chi connectivity index (χ0n) is 10.3. The third kappa shape index (κ3) is 3.11. The number of rotatable bonds is 3. The van der Waals surface area contributed by atoms with Crippen LogP contribution in [0, 0.1) is 21.7 Å². The average Bonchev–Trinajstić information content (AvgIpc) is 2.43. The molecule has 0 atom stereocenters. The molecule has 108 valence electrons. The second-order valence-electron chi connectivity index (χ2n) is 4.04. The van der Waals surface area contributed by atoms with E-state index < -0.39 is 33.7 Å². The molecule has 2 rings (SSSR count). The molecule has 2 N–H and O–H groups in total. The summed E-state index contributed by atoms with van der Waals surface area (Å²) in [4.78, 5) is 21.7. The molecular weight excluding hydrogens is 286 g/mol. The maximum atomic E-state index is 13.2. The summed E-state index contributed by atoms with van der Waals surface area (Å²) >= 11 is 0. The van der Waals surface area contributed by atoms with Crippen molar-refractivity contribution < 1.29 is 23.6 Å². The van der Waals surface area contributed by atoms with Gasteiger partial charge >= 0.3 is 0 Å². The quantitative estimate of drug-likeness (QED) is 0.517. The third-order valence-corrected chi connectivity index (χ3v) is 2.61. The lowest BCUT2D eigenvalue weighted by atomic mass is 10.1. The van der Waals surface area contributed by atoms with Gasteiger partial charge in [-0.2, -0.15) is 0 Å². The van der Waals surface area contributed by atoms with Crippen molar-refractivity contribution in [3.05, 3.63) is 63.7 Å². The predicted octanol–water partition coefficient (Wildman–Crippen LogP) is 2.83. The average molecular weight is 294 g/mol. The Hall–Kier alpha value is -3.03. The molecule has 0 saturated heterocycles. The van der Waals surface area contributed by atoms with Crippen LogP contribution in [0.5, 0.6) is 5.75 Å². The molecule has 6 nitrogen and oxygen atoms in total. The molecule has 2 aromatic carbocycles. The molecule has 8 heteroatoms. The topological polar surface area (TPSA) is 92.5 Å². The first kappa shape index (κ1) is 14.4. The van der Waals surface area contributed by atoms with Crippen LogP contribution in [0.3, 0.4) is 0 Å². The molecule has 0 aliphatic carbocycles. The molecule has 2 aromatic rings. The van der Waals surface area contributed by atoms with Gasteiger partial charge < -0.3 is 10.4 Å². The van der Waals surface area contributed by atoms with E-state index in [-0.39, 0.29) is 11.4 Å². The lowest BCUT2D eigenvalue weighted by Gasteiger charge is -2.06. The fourth-order valence-corrected chi connectivity index (χ4v) is 1.61. The molecule has 0 saturated carbocycles. The highest BCUT2D eigenvalue weighted by Crippen LogP contribution is 2.23. The van der Waals surface area contributed by atoms with Gasteiger partial charge in [0.05, 0.1) is 11.0 Å². The second kappa shape index (κ2) is 5.53. The van der Waals surface area contributed by atoms with Crippen molar-refractivity contribution in [3.8, 4) is 5.75 Å². The zero-order chi connectivity index (χ0) is 15.6. The number of hydrogen-bond donors (Lipinski definition) is 2. The smallest absolute Gasteiger partial charge is 0.285 e. The highest BCUT2D eigenvalue weighted by Gasteiger charge is 2.24. The van der Waals surface area contributed by atoms with Crippen LogP contribution >= 0.6 is 0 Å². The van der Waals surface area contributed by atoms with Crippen LogP contribution in [0.2, 0.25) is 0 Å². The summed E-state index contributed by atoms with van der Waals surface area (Å²) in [5.74, 6) is -3.78. The molecular formula is C13H8F2N2O4. The lowest BCUT2D eigenvalue weighted by Crippen LogP contribution is -2.14. The van der Waals surface area contributed by atoms with Gasteiger partial charge in [-0.1, -0.05) is 0 Å². The van der Waals surface area contributed by atoms with Crippen LogP contribution < -0.4 is 5.32 Å². The van der Waals surface area contributed by atoms with E-state index in [0.29, 0.717) is 12.1 Å². The summed E-state index contributed by atoms with van der Waals surface area (Å²) in [7, 11) is 0. The Labute approximate surface area is 116 Å². The molecule has 0 aliphatic rings. The van der Waals surface area contributed by atoms with E-state index in [1.54, 1.807) is 0 Å². The van der Waals surface area contributed by atoms with Crippen molar-refractivity contribution in [2.45, 2.75) is 0 Å². The Morgan fingerprint density at radius 3 is 2.29 bits per heavy atom. The van der Waals surface area contributed by atoms with Crippen LogP contribution in [0.25, 0.3) is 0 Å². The summed E-state index contributed by atoms with van der Waals surface area (Å²) < 4.78 is 26.2. The molecule has 0 unspecified atom stereocenters. The van der Waals surface area contributed by atoms with Crippen LogP contribution in [0.15, 0.2) is 36.4 Å². The highest BCUT2D eigenvalue weighted by atomic mass is 19.2. The van der Waals surface area contributed by atoms with E-state index in [9.17, 15) is 23.7 Å². The van der Waals surface area contributed by atoms with E-state index in [0.717, 1.165) is 0 Å². The number of nitrogens with zero attached hydrogens (tertiary/aromatic N) is 1. The number of carbonyl (C=O) groups excluding carboxylic acids is 1.